The number of nitrogens with zero attached hydrogens (tertiary/aromatic N) is 1. The van der Waals surface area contributed by atoms with Crippen LogP contribution in [0.4, 0.5) is 11.4 Å². The zero-order valence-electron chi connectivity index (χ0n) is 9.23. The van der Waals surface area contributed by atoms with Gasteiger partial charge in [-0.2, -0.15) is 0 Å². The number of benzene rings is 1. The highest BCUT2D eigenvalue weighted by Crippen LogP contribution is 2.27. The summed E-state index contributed by atoms with van der Waals surface area (Å²) in [5.74, 6) is -0.623. The molecule has 0 saturated heterocycles. The summed E-state index contributed by atoms with van der Waals surface area (Å²) in [5.41, 5.74) is -1.49. The van der Waals surface area contributed by atoms with Gasteiger partial charge in [-0.05, 0) is 26.0 Å². The van der Waals surface area contributed by atoms with Crippen LogP contribution in [0.15, 0.2) is 18.2 Å². The van der Waals surface area contributed by atoms with Gasteiger partial charge in [-0.15, -0.1) is 0 Å². The molecule has 2 N–H and O–H groups in total. The Morgan fingerprint density at radius 3 is 2.53 bits per heavy atom. The second-order valence-corrected chi connectivity index (χ2v) is 4.34. The number of aliphatic hydroxyl groups is 1. The van der Waals surface area contributed by atoms with Crippen molar-refractivity contribution in [3.05, 3.63) is 33.3 Å². The molecule has 92 valence electrons. The van der Waals surface area contributed by atoms with Crippen LogP contribution < -0.4 is 5.32 Å². The highest BCUT2D eigenvalue weighted by Gasteiger charge is 2.24. The maximum absolute atomic E-state index is 11.4. The summed E-state index contributed by atoms with van der Waals surface area (Å²) in [4.78, 5) is 21.3. The Balaban J connectivity index is 2.92. The normalized spacial score (nSPS) is 11.1. The van der Waals surface area contributed by atoms with Gasteiger partial charge >= 0.3 is 0 Å². The molecule has 0 heterocycles. The van der Waals surface area contributed by atoms with E-state index < -0.39 is 16.4 Å². The lowest BCUT2D eigenvalue weighted by atomic mass is 10.1. The van der Waals surface area contributed by atoms with Gasteiger partial charge in [-0.3, -0.25) is 14.9 Å². The Morgan fingerprint density at radius 1 is 1.53 bits per heavy atom. The van der Waals surface area contributed by atoms with E-state index in [0.29, 0.717) is 0 Å². The van der Waals surface area contributed by atoms with Crippen LogP contribution in [0.2, 0.25) is 5.02 Å². The van der Waals surface area contributed by atoms with Crippen molar-refractivity contribution in [1.82, 2.24) is 0 Å². The number of carbonyl (C=O) groups is 1. The molecule has 0 fully saturated rings. The van der Waals surface area contributed by atoms with Crippen molar-refractivity contribution in [2.24, 2.45) is 0 Å². The number of nitro groups is 1. The third-order valence-electron chi connectivity index (χ3n) is 1.96. The monoisotopic (exact) mass is 258 g/mol. The molecule has 7 heteroatoms. The zero-order valence-corrected chi connectivity index (χ0v) is 9.99. The second-order valence-electron chi connectivity index (χ2n) is 3.94. The molecular formula is C10H11ClN2O4. The first kappa shape index (κ1) is 13.4. The van der Waals surface area contributed by atoms with Gasteiger partial charge in [0.2, 0.25) is 0 Å². The fraction of sp³-hybridized carbons (Fsp3) is 0.300. The van der Waals surface area contributed by atoms with Gasteiger partial charge in [0.05, 0.1) is 4.92 Å². The van der Waals surface area contributed by atoms with Crippen LogP contribution in [-0.2, 0) is 4.79 Å². The van der Waals surface area contributed by atoms with Gasteiger partial charge in [0.1, 0.15) is 10.6 Å². The Bertz CT molecular complexity index is 468. The van der Waals surface area contributed by atoms with E-state index in [1.165, 1.54) is 32.0 Å². The third kappa shape index (κ3) is 3.40. The third-order valence-corrected chi connectivity index (χ3v) is 2.26. The van der Waals surface area contributed by atoms with Gasteiger partial charge in [0.25, 0.3) is 11.6 Å². The number of halogens is 1. The molecule has 1 aromatic rings. The maximum atomic E-state index is 11.4. The summed E-state index contributed by atoms with van der Waals surface area (Å²) < 4.78 is 0. The molecule has 0 atom stereocenters. The molecule has 0 aliphatic rings. The number of hydrogen-bond acceptors (Lipinski definition) is 4. The Labute approximate surface area is 102 Å². The highest BCUT2D eigenvalue weighted by molar-refractivity contribution is 6.33. The average molecular weight is 259 g/mol. The fourth-order valence-corrected chi connectivity index (χ4v) is 1.27. The molecule has 6 nitrogen and oxygen atoms in total. The van der Waals surface area contributed by atoms with Crippen LogP contribution in [0.25, 0.3) is 0 Å². The SMILES string of the molecule is CC(C)(O)C(=O)Nc1ccc([N+](=O)[O-])c(Cl)c1. The van der Waals surface area contributed by atoms with E-state index in [0.717, 1.165) is 0 Å². The quantitative estimate of drug-likeness (QED) is 0.640. The number of nitrogens with one attached hydrogen (secondary N) is 1. The molecule has 0 aliphatic carbocycles. The number of rotatable bonds is 3. The molecule has 1 amide bonds. The standard InChI is InChI=1S/C10H11ClN2O4/c1-10(2,15)9(14)12-6-3-4-8(13(16)17)7(11)5-6/h3-5,15H,1-2H3,(H,12,14). The first-order valence-electron chi connectivity index (χ1n) is 4.69. The number of nitro benzene ring substituents is 1. The van der Waals surface area contributed by atoms with Crippen molar-refractivity contribution in [2.75, 3.05) is 5.32 Å². The highest BCUT2D eigenvalue weighted by atomic mass is 35.5. The molecule has 17 heavy (non-hydrogen) atoms. The first-order valence-corrected chi connectivity index (χ1v) is 5.07. The van der Waals surface area contributed by atoms with Crippen molar-refractivity contribution < 1.29 is 14.8 Å². The summed E-state index contributed by atoms with van der Waals surface area (Å²) in [6.07, 6.45) is 0. The lowest BCUT2D eigenvalue weighted by Crippen LogP contribution is -2.36. The predicted molar refractivity (Wildman–Crippen MR) is 63.0 cm³/mol. The van der Waals surface area contributed by atoms with Gasteiger partial charge < -0.3 is 10.4 Å². The molecule has 1 rings (SSSR count). The van der Waals surface area contributed by atoms with Crippen LogP contribution in [-0.4, -0.2) is 21.5 Å². The number of hydrogen-bond donors (Lipinski definition) is 2. The van der Waals surface area contributed by atoms with Gasteiger partial charge in [-0.25, -0.2) is 0 Å². The Kier molecular flexibility index (Phi) is 3.69. The molecule has 0 saturated carbocycles. The van der Waals surface area contributed by atoms with Crippen molar-refractivity contribution in [2.45, 2.75) is 19.4 Å². The van der Waals surface area contributed by atoms with E-state index in [-0.39, 0.29) is 16.4 Å². The number of anilines is 1. The minimum absolute atomic E-state index is 0.0801. The molecule has 1 aromatic carbocycles. The van der Waals surface area contributed by atoms with E-state index in [4.69, 9.17) is 11.6 Å². The van der Waals surface area contributed by atoms with Crippen LogP contribution >= 0.6 is 11.6 Å². The summed E-state index contributed by atoms with van der Waals surface area (Å²) >= 11 is 5.67. The van der Waals surface area contributed by atoms with Gasteiger partial charge in [0, 0.05) is 11.8 Å². The number of amides is 1. The molecule has 0 spiro atoms. The molecule has 0 bridgehead atoms. The summed E-state index contributed by atoms with van der Waals surface area (Å²) in [6.45, 7) is 2.66. The predicted octanol–water partition coefficient (Wildman–Crippen LogP) is 1.96. The zero-order chi connectivity index (χ0) is 13.2. The maximum Gasteiger partial charge on any atom is 0.288 e. The summed E-state index contributed by atoms with van der Waals surface area (Å²) in [6, 6.07) is 3.78. The lowest BCUT2D eigenvalue weighted by Gasteiger charge is -2.16. The summed E-state index contributed by atoms with van der Waals surface area (Å²) in [7, 11) is 0. The smallest absolute Gasteiger partial charge is 0.288 e. The molecule has 0 unspecified atom stereocenters. The van der Waals surface area contributed by atoms with E-state index in [1.807, 2.05) is 0 Å². The van der Waals surface area contributed by atoms with Crippen molar-refractivity contribution in [1.29, 1.82) is 0 Å². The number of carbonyl (C=O) groups excluding carboxylic acids is 1. The van der Waals surface area contributed by atoms with Crippen molar-refractivity contribution >= 4 is 28.9 Å². The van der Waals surface area contributed by atoms with Gasteiger partial charge in [0.15, 0.2) is 0 Å². The van der Waals surface area contributed by atoms with E-state index in [1.54, 1.807) is 0 Å². The largest absolute Gasteiger partial charge is 0.381 e. The van der Waals surface area contributed by atoms with Crippen LogP contribution in [0, 0.1) is 10.1 Å². The van der Waals surface area contributed by atoms with Crippen LogP contribution in [0.5, 0.6) is 0 Å². The second kappa shape index (κ2) is 4.68. The first-order chi connectivity index (χ1) is 7.71. The van der Waals surface area contributed by atoms with E-state index in [2.05, 4.69) is 5.32 Å². The lowest BCUT2D eigenvalue weighted by molar-refractivity contribution is -0.384. The van der Waals surface area contributed by atoms with Gasteiger partial charge in [-0.1, -0.05) is 11.6 Å². The molecular weight excluding hydrogens is 248 g/mol. The fourth-order valence-electron chi connectivity index (χ4n) is 1.02. The topological polar surface area (TPSA) is 92.5 Å². The Morgan fingerprint density at radius 2 is 2.12 bits per heavy atom. The average Bonchev–Trinajstić information content (AvgIpc) is 2.15. The minimum atomic E-state index is -1.53. The van der Waals surface area contributed by atoms with Crippen molar-refractivity contribution in [3.8, 4) is 0 Å². The molecule has 0 aromatic heterocycles. The Hall–Kier alpha value is -1.66. The van der Waals surface area contributed by atoms with Crippen LogP contribution in [0.3, 0.4) is 0 Å². The van der Waals surface area contributed by atoms with Crippen molar-refractivity contribution in [3.63, 3.8) is 0 Å². The minimum Gasteiger partial charge on any atom is -0.381 e. The van der Waals surface area contributed by atoms with E-state index in [9.17, 15) is 20.0 Å². The molecule has 0 aliphatic heterocycles. The van der Waals surface area contributed by atoms with E-state index >= 15 is 0 Å². The van der Waals surface area contributed by atoms with Crippen LogP contribution in [0.1, 0.15) is 13.8 Å². The summed E-state index contributed by atoms with van der Waals surface area (Å²) in [5, 5.41) is 22.2. The molecule has 0 radical (unpaired) electrons.